The Morgan fingerprint density at radius 2 is 1.92 bits per heavy atom. The van der Waals surface area contributed by atoms with Crippen LogP contribution in [0.2, 0.25) is 0 Å². The zero-order chi connectivity index (χ0) is 17.6. The van der Waals surface area contributed by atoms with Crippen LogP contribution in [0.3, 0.4) is 0 Å². The van der Waals surface area contributed by atoms with E-state index in [4.69, 9.17) is 0 Å². The van der Waals surface area contributed by atoms with E-state index in [1.807, 2.05) is 46.9 Å². The van der Waals surface area contributed by atoms with Gasteiger partial charge in [-0.25, -0.2) is 0 Å². The maximum Gasteiger partial charge on any atom is 0.270 e. The van der Waals surface area contributed by atoms with Crippen molar-refractivity contribution in [3.05, 3.63) is 54.1 Å². The molecule has 3 rings (SSSR count). The van der Waals surface area contributed by atoms with E-state index in [1.54, 1.807) is 12.4 Å². The zero-order valence-corrected chi connectivity index (χ0v) is 14.7. The Labute approximate surface area is 148 Å². The molecule has 1 atom stereocenters. The largest absolute Gasteiger partial charge is 0.392 e. The number of nitrogens with zero attached hydrogens (tertiary/aromatic N) is 4. The van der Waals surface area contributed by atoms with E-state index in [1.165, 1.54) is 0 Å². The minimum Gasteiger partial charge on any atom is -0.392 e. The van der Waals surface area contributed by atoms with Gasteiger partial charge in [0.25, 0.3) is 5.91 Å². The Morgan fingerprint density at radius 1 is 1.20 bits per heavy atom. The highest BCUT2D eigenvalue weighted by atomic mass is 16.3. The van der Waals surface area contributed by atoms with Crippen LogP contribution in [-0.4, -0.2) is 69.2 Å². The fourth-order valence-electron chi connectivity index (χ4n) is 3.15. The van der Waals surface area contributed by atoms with Crippen molar-refractivity contribution in [3.8, 4) is 0 Å². The SMILES string of the molecule is CC[C@@H](O)CN1CCN(C(=O)c2cccn2Cc2ccncc2)CC1. The number of hydrogen-bond acceptors (Lipinski definition) is 4. The van der Waals surface area contributed by atoms with Crippen LogP contribution in [0.25, 0.3) is 0 Å². The maximum atomic E-state index is 12.9. The number of carbonyl (C=O) groups excluding carboxylic acids is 1. The summed E-state index contributed by atoms with van der Waals surface area (Å²) in [5.41, 5.74) is 1.84. The Bertz CT molecular complexity index is 678. The van der Waals surface area contributed by atoms with Crippen LogP contribution >= 0.6 is 0 Å². The summed E-state index contributed by atoms with van der Waals surface area (Å²) in [5.74, 6) is 0.0785. The molecule has 1 aliphatic heterocycles. The molecule has 1 fully saturated rings. The smallest absolute Gasteiger partial charge is 0.270 e. The van der Waals surface area contributed by atoms with Gasteiger partial charge < -0.3 is 14.6 Å². The monoisotopic (exact) mass is 342 g/mol. The third kappa shape index (κ3) is 4.46. The molecular formula is C19H26N4O2. The molecule has 0 radical (unpaired) electrons. The molecule has 1 aliphatic rings. The van der Waals surface area contributed by atoms with E-state index in [2.05, 4.69) is 9.88 Å². The highest BCUT2D eigenvalue weighted by Gasteiger charge is 2.24. The van der Waals surface area contributed by atoms with E-state index in [-0.39, 0.29) is 12.0 Å². The van der Waals surface area contributed by atoms with Crippen molar-refractivity contribution < 1.29 is 9.90 Å². The lowest BCUT2D eigenvalue weighted by molar-refractivity contribution is 0.0516. The Balaban J connectivity index is 1.60. The van der Waals surface area contributed by atoms with Crippen molar-refractivity contribution in [1.29, 1.82) is 0 Å². The highest BCUT2D eigenvalue weighted by molar-refractivity contribution is 5.92. The fourth-order valence-corrected chi connectivity index (χ4v) is 3.15. The van der Waals surface area contributed by atoms with E-state index in [9.17, 15) is 9.90 Å². The average molecular weight is 342 g/mol. The lowest BCUT2D eigenvalue weighted by Crippen LogP contribution is -2.50. The molecule has 2 aromatic rings. The number of hydrogen-bond donors (Lipinski definition) is 1. The lowest BCUT2D eigenvalue weighted by Gasteiger charge is -2.35. The number of aromatic nitrogens is 2. The molecule has 0 bridgehead atoms. The molecule has 1 N–H and O–H groups in total. The minimum atomic E-state index is -0.278. The van der Waals surface area contributed by atoms with Crippen LogP contribution in [0.4, 0.5) is 0 Å². The molecule has 6 nitrogen and oxygen atoms in total. The third-order valence-electron chi connectivity index (χ3n) is 4.75. The predicted octanol–water partition coefficient (Wildman–Crippen LogP) is 1.46. The van der Waals surface area contributed by atoms with Crippen molar-refractivity contribution in [3.63, 3.8) is 0 Å². The second-order valence-corrected chi connectivity index (χ2v) is 6.53. The average Bonchev–Trinajstić information content (AvgIpc) is 3.10. The highest BCUT2D eigenvalue weighted by Crippen LogP contribution is 2.13. The normalized spacial score (nSPS) is 16.8. The van der Waals surface area contributed by atoms with E-state index in [0.717, 1.165) is 30.8 Å². The summed E-state index contributed by atoms with van der Waals surface area (Å²) in [5, 5.41) is 9.78. The first-order valence-electron chi connectivity index (χ1n) is 8.91. The van der Waals surface area contributed by atoms with Crippen molar-refractivity contribution in [2.24, 2.45) is 0 Å². The van der Waals surface area contributed by atoms with Gasteiger partial charge in [0.1, 0.15) is 5.69 Å². The number of rotatable bonds is 6. The van der Waals surface area contributed by atoms with Gasteiger partial charge in [-0.1, -0.05) is 6.92 Å². The van der Waals surface area contributed by atoms with Gasteiger partial charge in [0.15, 0.2) is 0 Å². The predicted molar refractivity (Wildman–Crippen MR) is 96.4 cm³/mol. The third-order valence-corrected chi connectivity index (χ3v) is 4.75. The standard InChI is InChI=1S/C19H26N4O2/c1-2-17(24)15-21-10-12-22(13-11-21)19(25)18-4-3-9-23(18)14-16-5-7-20-8-6-16/h3-9,17,24H,2,10-15H2,1H3/t17-/m1/s1. The van der Waals surface area contributed by atoms with Crippen LogP contribution in [0.1, 0.15) is 29.4 Å². The zero-order valence-electron chi connectivity index (χ0n) is 14.7. The van der Waals surface area contributed by atoms with Crippen LogP contribution in [0.5, 0.6) is 0 Å². The van der Waals surface area contributed by atoms with Crippen LogP contribution in [-0.2, 0) is 6.54 Å². The molecule has 3 heterocycles. The first kappa shape index (κ1) is 17.6. The second-order valence-electron chi connectivity index (χ2n) is 6.53. The number of amides is 1. The van der Waals surface area contributed by atoms with Crippen LogP contribution in [0.15, 0.2) is 42.9 Å². The molecule has 0 aliphatic carbocycles. The number of piperazine rings is 1. The number of carbonyl (C=O) groups is 1. The van der Waals surface area contributed by atoms with E-state index < -0.39 is 0 Å². The molecule has 1 amide bonds. The Morgan fingerprint density at radius 3 is 2.60 bits per heavy atom. The van der Waals surface area contributed by atoms with E-state index >= 15 is 0 Å². The molecule has 134 valence electrons. The summed E-state index contributed by atoms with van der Waals surface area (Å²) in [6.07, 6.45) is 5.97. The molecule has 0 unspecified atom stereocenters. The number of pyridine rings is 1. The Kier molecular flexibility index (Phi) is 5.83. The summed E-state index contributed by atoms with van der Waals surface area (Å²) in [6, 6.07) is 7.73. The van der Waals surface area contributed by atoms with Gasteiger partial charge in [0.05, 0.1) is 6.10 Å². The van der Waals surface area contributed by atoms with Gasteiger partial charge in [0, 0.05) is 57.9 Å². The number of aliphatic hydroxyl groups excluding tert-OH is 1. The summed E-state index contributed by atoms with van der Waals surface area (Å²) < 4.78 is 1.99. The van der Waals surface area contributed by atoms with Crippen molar-refractivity contribution in [2.75, 3.05) is 32.7 Å². The summed E-state index contributed by atoms with van der Waals surface area (Å²) >= 11 is 0. The lowest BCUT2D eigenvalue weighted by atomic mass is 10.2. The summed E-state index contributed by atoms with van der Waals surface area (Å²) in [7, 11) is 0. The molecule has 0 saturated carbocycles. The molecular weight excluding hydrogens is 316 g/mol. The molecule has 25 heavy (non-hydrogen) atoms. The van der Waals surface area contributed by atoms with Crippen LogP contribution < -0.4 is 0 Å². The first-order chi connectivity index (χ1) is 12.2. The minimum absolute atomic E-state index is 0.0785. The first-order valence-corrected chi connectivity index (χ1v) is 8.91. The van der Waals surface area contributed by atoms with Gasteiger partial charge in [-0.05, 0) is 36.2 Å². The van der Waals surface area contributed by atoms with E-state index in [0.29, 0.717) is 26.2 Å². The second kappa shape index (κ2) is 8.27. The van der Waals surface area contributed by atoms with Gasteiger partial charge in [0.2, 0.25) is 0 Å². The topological polar surface area (TPSA) is 61.6 Å². The molecule has 2 aromatic heterocycles. The number of β-amino-alcohol motifs (C(OH)–C–C–N with tert-alkyl or cyclic N) is 1. The van der Waals surface area contributed by atoms with Gasteiger partial charge >= 0.3 is 0 Å². The fraction of sp³-hybridized carbons (Fsp3) is 0.474. The van der Waals surface area contributed by atoms with Crippen molar-refractivity contribution >= 4 is 5.91 Å². The van der Waals surface area contributed by atoms with Gasteiger partial charge in [-0.15, -0.1) is 0 Å². The summed E-state index contributed by atoms with van der Waals surface area (Å²) in [6.45, 7) is 6.38. The molecule has 0 aromatic carbocycles. The quantitative estimate of drug-likeness (QED) is 0.863. The number of aliphatic hydroxyl groups is 1. The maximum absolute atomic E-state index is 12.9. The molecule has 0 spiro atoms. The molecule has 6 heteroatoms. The van der Waals surface area contributed by atoms with Crippen molar-refractivity contribution in [2.45, 2.75) is 26.0 Å². The van der Waals surface area contributed by atoms with Crippen LogP contribution in [0, 0.1) is 0 Å². The van der Waals surface area contributed by atoms with Gasteiger partial charge in [-0.3, -0.25) is 14.7 Å². The van der Waals surface area contributed by atoms with Crippen molar-refractivity contribution in [1.82, 2.24) is 19.4 Å². The summed E-state index contributed by atoms with van der Waals surface area (Å²) in [4.78, 5) is 21.1. The molecule has 1 saturated heterocycles. The van der Waals surface area contributed by atoms with Gasteiger partial charge in [-0.2, -0.15) is 0 Å². The Hall–Kier alpha value is -2.18.